The average Bonchev–Trinajstić information content (AvgIpc) is 3.40. The summed E-state index contributed by atoms with van der Waals surface area (Å²) in [5, 5.41) is 20.0. The lowest BCUT2D eigenvalue weighted by atomic mass is 10.1. The highest BCUT2D eigenvalue weighted by molar-refractivity contribution is 6.74. The number of hydrogen-bond donors (Lipinski definition) is 3. The smallest absolute Gasteiger partial charge is 0.410 e. The van der Waals surface area contributed by atoms with Gasteiger partial charge in [-0.05, 0) is 117 Å². The molecule has 0 aliphatic heterocycles. The Morgan fingerprint density at radius 2 is 1.35 bits per heavy atom. The van der Waals surface area contributed by atoms with Crippen LogP contribution in [0.3, 0.4) is 0 Å². The Labute approximate surface area is 327 Å². The Bertz CT molecular complexity index is 1580. The quantitative estimate of drug-likeness (QED) is 0.0867. The van der Waals surface area contributed by atoms with Gasteiger partial charge >= 0.3 is 24.2 Å². The van der Waals surface area contributed by atoms with Crippen molar-refractivity contribution in [3.8, 4) is 17.0 Å². The minimum absolute atomic E-state index is 0.101. The summed E-state index contributed by atoms with van der Waals surface area (Å²) in [5.41, 5.74) is -0.0282. The van der Waals surface area contributed by atoms with Gasteiger partial charge < -0.3 is 44.0 Å². The van der Waals surface area contributed by atoms with E-state index in [1.54, 1.807) is 79.1 Å². The molecule has 1 unspecified atom stereocenters. The van der Waals surface area contributed by atoms with Crippen molar-refractivity contribution in [1.29, 1.82) is 0 Å². The molecule has 3 N–H and O–H groups in total. The third-order valence-electron chi connectivity index (χ3n) is 8.20. The number of carboxylic acid groups (broad SMARTS) is 1. The van der Waals surface area contributed by atoms with Crippen molar-refractivity contribution in [2.24, 2.45) is 0 Å². The second-order valence-corrected chi connectivity index (χ2v) is 22.7. The first-order valence-corrected chi connectivity index (χ1v) is 21.6. The second-order valence-electron chi connectivity index (χ2n) is 17.9. The topological polar surface area (TPSA) is 180 Å². The highest BCUT2D eigenvalue weighted by atomic mass is 28.4. The molecule has 0 bridgehead atoms. The summed E-state index contributed by atoms with van der Waals surface area (Å²) < 4.78 is 30.2. The van der Waals surface area contributed by atoms with Crippen LogP contribution in [0.15, 0.2) is 30.3 Å². The summed E-state index contributed by atoms with van der Waals surface area (Å²) in [6.45, 7) is 27.0. The summed E-state index contributed by atoms with van der Waals surface area (Å²) >= 11 is 0. The van der Waals surface area contributed by atoms with Gasteiger partial charge in [0.2, 0.25) is 0 Å². The normalized spacial score (nSPS) is 13.1. The summed E-state index contributed by atoms with van der Waals surface area (Å²) in [5.74, 6) is -0.614. The van der Waals surface area contributed by atoms with Crippen molar-refractivity contribution in [3.63, 3.8) is 0 Å². The molecule has 2 rings (SSSR count). The molecule has 0 aliphatic carbocycles. The van der Waals surface area contributed by atoms with Crippen LogP contribution in [0.5, 0.6) is 5.75 Å². The summed E-state index contributed by atoms with van der Waals surface area (Å²) in [6, 6.07) is 8.97. The van der Waals surface area contributed by atoms with Gasteiger partial charge in [-0.1, -0.05) is 20.8 Å². The molecule has 0 aliphatic rings. The van der Waals surface area contributed by atoms with Crippen LogP contribution in [0.25, 0.3) is 11.3 Å². The van der Waals surface area contributed by atoms with E-state index in [2.05, 4.69) is 10.6 Å². The van der Waals surface area contributed by atoms with Crippen molar-refractivity contribution in [2.45, 2.75) is 144 Å². The SMILES string of the molecule is CC(C)(C)OC(=O)NCCCn1nc(-c2ccc(OCC(O[Si](C)(C)C(C)(C)C)C(=O)O)cc2)cc1CN(CCNC(=O)OC(C)(C)C)C(=O)OC(C)(C)C. The fourth-order valence-corrected chi connectivity index (χ4v) is 5.83. The van der Waals surface area contributed by atoms with Gasteiger partial charge in [0.1, 0.15) is 29.2 Å². The van der Waals surface area contributed by atoms with Gasteiger partial charge in [0.15, 0.2) is 14.4 Å². The molecule has 55 heavy (non-hydrogen) atoms. The molecule has 310 valence electrons. The number of aryl methyl sites for hydroxylation is 1. The number of hydrogen-bond acceptors (Lipinski definition) is 10. The number of nitrogens with one attached hydrogen (secondary N) is 2. The van der Waals surface area contributed by atoms with Gasteiger partial charge in [-0.25, -0.2) is 19.2 Å². The lowest BCUT2D eigenvalue weighted by Crippen LogP contribution is -2.47. The second kappa shape index (κ2) is 19.0. The van der Waals surface area contributed by atoms with E-state index in [9.17, 15) is 24.3 Å². The summed E-state index contributed by atoms with van der Waals surface area (Å²) in [4.78, 5) is 51.5. The molecule has 1 aromatic carbocycles. The van der Waals surface area contributed by atoms with E-state index in [0.29, 0.717) is 36.6 Å². The van der Waals surface area contributed by atoms with Crippen LogP contribution in [-0.2, 0) is 36.5 Å². The van der Waals surface area contributed by atoms with E-state index in [4.69, 9.17) is 28.5 Å². The molecule has 3 amide bonds. The maximum absolute atomic E-state index is 13.4. The zero-order valence-electron chi connectivity index (χ0n) is 35.4. The fourth-order valence-electron chi connectivity index (χ4n) is 4.60. The number of carbonyl (C=O) groups excluding carboxylic acids is 3. The molecule has 0 radical (unpaired) electrons. The van der Waals surface area contributed by atoms with Gasteiger partial charge in [-0.15, -0.1) is 0 Å². The molecular formula is C39H65N5O10Si. The highest BCUT2D eigenvalue weighted by Gasteiger charge is 2.41. The zero-order valence-corrected chi connectivity index (χ0v) is 36.4. The van der Waals surface area contributed by atoms with Crippen LogP contribution in [0.4, 0.5) is 14.4 Å². The van der Waals surface area contributed by atoms with Crippen LogP contribution >= 0.6 is 0 Å². The predicted molar refractivity (Wildman–Crippen MR) is 213 cm³/mol. The molecule has 1 heterocycles. The fraction of sp³-hybridized carbons (Fsp3) is 0.667. The van der Waals surface area contributed by atoms with Crippen molar-refractivity contribution >= 4 is 32.6 Å². The highest BCUT2D eigenvalue weighted by Crippen LogP contribution is 2.37. The van der Waals surface area contributed by atoms with E-state index >= 15 is 0 Å². The number of carbonyl (C=O) groups is 4. The van der Waals surface area contributed by atoms with Crippen LogP contribution < -0.4 is 15.4 Å². The number of nitrogens with zero attached hydrogens (tertiary/aromatic N) is 3. The lowest BCUT2D eigenvalue weighted by Gasteiger charge is -2.38. The molecular weight excluding hydrogens is 727 g/mol. The van der Waals surface area contributed by atoms with Crippen LogP contribution in [0, 0.1) is 0 Å². The molecule has 0 spiro atoms. The third-order valence-corrected chi connectivity index (χ3v) is 12.7. The monoisotopic (exact) mass is 791 g/mol. The van der Waals surface area contributed by atoms with Crippen molar-refractivity contribution in [2.75, 3.05) is 26.2 Å². The van der Waals surface area contributed by atoms with Crippen LogP contribution in [0.1, 0.15) is 95.2 Å². The number of benzene rings is 1. The molecule has 0 saturated heterocycles. The Morgan fingerprint density at radius 1 is 0.818 bits per heavy atom. The van der Waals surface area contributed by atoms with Crippen molar-refractivity contribution < 1.29 is 47.7 Å². The molecule has 0 fully saturated rings. The number of ether oxygens (including phenoxy) is 4. The van der Waals surface area contributed by atoms with E-state index in [-0.39, 0.29) is 31.3 Å². The molecule has 1 aromatic heterocycles. The maximum Gasteiger partial charge on any atom is 0.410 e. The first-order valence-electron chi connectivity index (χ1n) is 18.7. The number of amides is 3. The predicted octanol–water partition coefficient (Wildman–Crippen LogP) is 7.58. The Morgan fingerprint density at radius 3 is 1.84 bits per heavy atom. The Kier molecular flexibility index (Phi) is 16.2. The van der Waals surface area contributed by atoms with E-state index in [1.165, 1.54) is 4.90 Å². The Hall–Kier alpha value is -4.31. The van der Waals surface area contributed by atoms with Crippen molar-refractivity contribution in [3.05, 3.63) is 36.0 Å². The number of aromatic nitrogens is 2. The third kappa shape index (κ3) is 17.4. The largest absolute Gasteiger partial charge is 0.490 e. The van der Waals surface area contributed by atoms with Crippen molar-refractivity contribution in [1.82, 2.24) is 25.3 Å². The number of alkyl carbamates (subject to hydrolysis) is 2. The standard InChI is InChI=1S/C39H65N5O10Si/c1-36(2,3)51-33(47)40-20-15-22-44-28(25-43(35(49)53-38(7,8)9)23-21-41-34(48)52-37(4,5)6)24-30(42-44)27-16-18-29(19-17-27)50-26-31(32(45)46)54-55(13,14)39(10,11)12/h16-19,24,31H,15,20-23,25-26H2,1-14H3,(H,40,47)(H,41,48)(H,45,46). The molecule has 15 nitrogen and oxygen atoms in total. The van der Waals surface area contributed by atoms with Gasteiger partial charge in [0.05, 0.1) is 17.9 Å². The van der Waals surface area contributed by atoms with Crippen LogP contribution in [-0.4, -0.2) is 102 Å². The van der Waals surface area contributed by atoms with E-state index in [0.717, 1.165) is 5.56 Å². The molecule has 2 aromatic rings. The lowest BCUT2D eigenvalue weighted by molar-refractivity contribution is -0.147. The van der Waals surface area contributed by atoms with Gasteiger partial charge in [-0.2, -0.15) is 5.10 Å². The molecule has 0 saturated carbocycles. The average molecular weight is 792 g/mol. The van der Waals surface area contributed by atoms with Crippen LogP contribution in [0.2, 0.25) is 18.1 Å². The first-order chi connectivity index (χ1) is 25.0. The number of rotatable bonds is 16. The summed E-state index contributed by atoms with van der Waals surface area (Å²) in [7, 11) is -2.36. The summed E-state index contributed by atoms with van der Waals surface area (Å²) in [6.07, 6.45) is -2.30. The first kappa shape index (κ1) is 46.8. The minimum Gasteiger partial charge on any atom is -0.490 e. The zero-order chi connectivity index (χ0) is 42.0. The van der Waals surface area contributed by atoms with Gasteiger partial charge in [0, 0.05) is 31.7 Å². The maximum atomic E-state index is 13.4. The number of aliphatic carboxylic acids is 1. The number of carboxylic acids is 1. The van der Waals surface area contributed by atoms with E-state index in [1.807, 2.05) is 52.1 Å². The molecule has 1 atom stereocenters. The van der Waals surface area contributed by atoms with E-state index < -0.39 is 55.5 Å². The van der Waals surface area contributed by atoms with Gasteiger partial charge in [0.25, 0.3) is 0 Å². The van der Waals surface area contributed by atoms with Gasteiger partial charge in [-0.3, -0.25) is 4.68 Å². The minimum atomic E-state index is -2.36. The molecule has 16 heteroatoms. The Balaban J connectivity index is 2.34.